The highest BCUT2D eigenvalue weighted by Gasteiger charge is 2.28. The highest BCUT2D eigenvalue weighted by Crippen LogP contribution is 2.17. The molecule has 0 spiro atoms. The normalized spacial score (nSPS) is 15.5. The Hall–Kier alpha value is -3.00. The number of carbonyl (C=O) groups excluding carboxylic acids is 2. The third kappa shape index (κ3) is 5.54. The zero-order chi connectivity index (χ0) is 21.7. The van der Waals surface area contributed by atoms with E-state index in [-0.39, 0.29) is 24.2 Å². The van der Waals surface area contributed by atoms with Crippen LogP contribution in [0.1, 0.15) is 12.5 Å². The van der Waals surface area contributed by atoms with Crippen LogP contribution in [-0.2, 0) is 9.59 Å². The molecule has 3 rings (SSSR count). The predicted molar refractivity (Wildman–Crippen MR) is 109 cm³/mol. The van der Waals surface area contributed by atoms with E-state index in [1.165, 1.54) is 36.4 Å². The van der Waals surface area contributed by atoms with Gasteiger partial charge >= 0.3 is 0 Å². The lowest BCUT2D eigenvalue weighted by Gasteiger charge is -2.37. The van der Waals surface area contributed by atoms with Gasteiger partial charge in [-0.3, -0.25) is 14.5 Å². The standard InChI is InChI=1S/C22H25F2N3O3/c1-15-3-4-18(24)13-20(15)25-22(29)16(2)26-9-11-27(12-10-26)21(28)14-30-19-7-5-17(23)6-8-19/h3-8,13,16H,9-12,14H2,1-2H3,(H,25,29). The Labute approximate surface area is 174 Å². The first-order valence-corrected chi connectivity index (χ1v) is 9.80. The van der Waals surface area contributed by atoms with Crippen LogP contribution >= 0.6 is 0 Å². The molecule has 1 N–H and O–H groups in total. The molecule has 1 aliphatic rings. The lowest BCUT2D eigenvalue weighted by Crippen LogP contribution is -2.54. The van der Waals surface area contributed by atoms with Gasteiger partial charge in [0.2, 0.25) is 5.91 Å². The molecule has 1 saturated heterocycles. The second-order valence-corrected chi connectivity index (χ2v) is 7.28. The van der Waals surface area contributed by atoms with Crippen LogP contribution in [0.4, 0.5) is 14.5 Å². The first kappa shape index (κ1) is 21.7. The average Bonchev–Trinajstić information content (AvgIpc) is 2.75. The smallest absolute Gasteiger partial charge is 0.260 e. The number of anilines is 1. The second kappa shape index (κ2) is 9.67. The summed E-state index contributed by atoms with van der Waals surface area (Å²) in [6.45, 7) is 5.50. The maximum atomic E-state index is 13.4. The van der Waals surface area contributed by atoms with Crippen LogP contribution in [0.3, 0.4) is 0 Å². The summed E-state index contributed by atoms with van der Waals surface area (Å²) in [6, 6.07) is 9.35. The van der Waals surface area contributed by atoms with E-state index < -0.39 is 11.9 Å². The van der Waals surface area contributed by atoms with Crippen LogP contribution < -0.4 is 10.1 Å². The molecule has 1 unspecified atom stereocenters. The SMILES string of the molecule is Cc1ccc(F)cc1NC(=O)C(C)N1CCN(C(=O)COc2ccc(F)cc2)CC1. The summed E-state index contributed by atoms with van der Waals surface area (Å²) >= 11 is 0. The van der Waals surface area contributed by atoms with Crippen molar-refractivity contribution >= 4 is 17.5 Å². The third-order valence-electron chi connectivity index (χ3n) is 5.23. The number of amides is 2. The van der Waals surface area contributed by atoms with Gasteiger partial charge in [0.1, 0.15) is 17.4 Å². The predicted octanol–water partition coefficient (Wildman–Crippen LogP) is 2.82. The van der Waals surface area contributed by atoms with Gasteiger partial charge in [0.05, 0.1) is 6.04 Å². The van der Waals surface area contributed by atoms with E-state index in [1.54, 1.807) is 24.8 Å². The molecule has 1 aliphatic heterocycles. The Morgan fingerprint density at radius 2 is 1.67 bits per heavy atom. The summed E-state index contributed by atoms with van der Waals surface area (Å²) in [6.07, 6.45) is 0. The van der Waals surface area contributed by atoms with Crippen molar-refractivity contribution in [3.63, 3.8) is 0 Å². The molecule has 0 saturated carbocycles. The fourth-order valence-electron chi connectivity index (χ4n) is 3.26. The number of piperazine rings is 1. The maximum absolute atomic E-state index is 13.4. The fraction of sp³-hybridized carbons (Fsp3) is 0.364. The van der Waals surface area contributed by atoms with Crippen LogP contribution in [0, 0.1) is 18.6 Å². The number of aryl methyl sites for hydroxylation is 1. The summed E-state index contributed by atoms with van der Waals surface area (Å²) in [5.41, 5.74) is 1.24. The molecule has 1 fully saturated rings. The second-order valence-electron chi connectivity index (χ2n) is 7.28. The molecule has 0 aliphatic carbocycles. The summed E-state index contributed by atoms with van der Waals surface area (Å²) in [5, 5.41) is 2.78. The lowest BCUT2D eigenvalue weighted by molar-refractivity contribution is -0.135. The molecule has 2 aromatic rings. The zero-order valence-electron chi connectivity index (χ0n) is 17.0. The Bertz CT molecular complexity index is 897. The topological polar surface area (TPSA) is 61.9 Å². The maximum Gasteiger partial charge on any atom is 0.260 e. The molecule has 0 radical (unpaired) electrons. The lowest BCUT2D eigenvalue weighted by atomic mass is 10.1. The number of ether oxygens (including phenoxy) is 1. The highest BCUT2D eigenvalue weighted by molar-refractivity contribution is 5.95. The third-order valence-corrected chi connectivity index (χ3v) is 5.23. The molecule has 160 valence electrons. The van der Waals surface area contributed by atoms with Gasteiger partial charge in [-0.2, -0.15) is 0 Å². The fourth-order valence-corrected chi connectivity index (χ4v) is 3.26. The van der Waals surface area contributed by atoms with Crippen LogP contribution in [0.2, 0.25) is 0 Å². The molecule has 0 aromatic heterocycles. The van der Waals surface area contributed by atoms with E-state index in [4.69, 9.17) is 4.74 Å². The number of benzene rings is 2. The molecule has 0 bridgehead atoms. The number of rotatable bonds is 6. The van der Waals surface area contributed by atoms with Crippen LogP contribution in [-0.4, -0.2) is 60.4 Å². The summed E-state index contributed by atoms with van der Waals surface area (Å²) in [5.74, 6) is -0.718. The van der Waals surface area contributed by atoms with Gasteiger partial charge in [-0.25, -0.2) is 8.78 Å². The van der Waals surface area contributed by atoms with Crippen molar-refractivity contribution in [1.82, 2.24) is 9.80 Å². The van der Waals surface area contributed by atoms with E-state index in [9.17, 15) is 18.4 Å². The van der Waals surface area contributed by atoms with Gasteiger partial charge in [-0.1, -0.05) is 6.07 Å². The Balaban J connectivity index is 1.46. The van der Waals surface area contributed by atoms with Gasteiger partial charge in [-0.15, -0.1) is 0 Å². The van der Waals surface area contributed by atoms with Crippen LogP contribution in [0.5, 0.6) is 5.75 Å². The van der Waals surface area contributed by atoms with Crippen molar-refractivity contribution < 1.29 is 23.1 Å². The number of hydrogen-bond donors (Lipinski definition) is 1. The molecule has 30 heavy (non-hydrogen) atoms. The quantitative estimate of drug-likeness (QED) is 0.785. The largest absolute Gasteiger partial charge is 0.484 e. The van der Waals surface area contributed by atoms with Crippen molar-refractivity contribution in [2.24, 2.45) is 0 Å². The van der Waals surface area contributed by atoms with Gasteiger partial charge < -0.3 is 15.0 Å². The van der Waals surface area contributed by atoms with E-state index >= 15 is 0 Å². The van der Waals surface area contributed by atoms with E-state index in [0.717, 1.165) is 5.56 Å². The number of nitrogens with one attached hydrogen (secondary N) is 1. The van der Waals surface area contributed by atoms with E-state index in [2.05, 4.69) is 5.32 Å². The molecular formula is C22H25F2N3O3. The van der Waals surface area contributed by atoms with Gasteiger partial charge in [0.25, 0.3) is 5.91 Å². The monoisotopic (exact) mass is 417 g/mol. The molecule has 2 aromatic carbocycles. The van der Waals surface area contributed by atoms with Gasteiger partial charge in [-0.05, 0) is 55.8 Å². The molecule has 8 heteroatoms. The van der Waals surface area contributed by atoms with Crippen molar-refractivity contribution in [1.29, 1.82) is 0 Å². The summed E-state index contributed by atoms with van der Waals surface area (Å²) < 4.78 is 31.8. The Morgan fingerprint density at radius 1 is 1.03 bits per heavy atom. The number of carbonyl (C=O) groups is 2. The highest BCUT2D eigenvalue weighted by atomic mass is 19.1. The van der Waals surface area contributed by atoms with Crippen LogP contribution in [0.25, 0.3) is 0 Å². The molecule has 6 nitrogen and oxygen atoms in total. The molecule has 1 heterocycles. The van der Waals surface area contributed by atoms with E-state index in [1.807, 2.05) is 4.90 Å². The Kier molecular flexibility index (Phi) is 6.99. The van der Waals surface area contributed by atoms with Crippen LogP contribution in [0.15, 0.2) is 42.5 Å². The number of nitrogens with zero attached hydrogens (tertiary/aromatic N) is 2. The first-order chi connectivity index (χ1) is 14.3. The minimum absolute atomic E-state index is 0.124. The molecule has 1 atom stereocenters. The van der Waals surface area contributed by atoms with Crippen molar-refractivity contribution in [2.75, 3.05) is 38.1 Å². The van der Waals surface area contributed by atoms with Gasteiger partial charge in [0, 0.05) is 31.9 Å². The number of halogens is 2. The molecular weight excluding hydrogens is 392 g/mol. The summed E-state index contributed by atoms with van der Waals surface area (Å²) in [7, 11) is 0. The van der Waals surface area contributed by atoms with E-state index in [0.29, 0.717) is 37.6 Å². The minimum Gasteiger partial charge on any atom is -0.484 e. The zero-order valence-corrected chi connectivity index (χ0v) is 17.0. The average molecular weight is 417 g/mol. The van der Waals surface area contributed by atoms with Crippen molar-refractivity contribution in [3.8, 4) is 5.75 Å². The minimum atomic E-state index is -0.416. The van der Waals surface area contributed by atoms with Gasteiger partial charge in [0.15, 0.2) is 6.61 Å². The molecule has 2 amide bonds. The first-order valence-electron chi connectivity index (χ1n) is 9.80. The summed E-state index contributed by atoms with van der Waals surface area (Å²) in [4.78, 5) is 28.6. The van der Waals surface area contributed by atoms with Crippen molar-refractivity contribution in [3.05, 3.63) is 59.7 Å². The Morgan fingerprint density at radius 3 is 2.33 bits per heavy atom. The number of hydrogen-bond acceptors (Lipinski definition) is 4. The van der Waals surface area contributed by atoms with Crippen molar-refractivity contribution in [2.45, 2.75) is 19.9 Å².